The van der Waals surface area contributed by atoms with Crippen LogP contribution in [0.3, 0.4) is 0 Å². The number of ether oxygens (including phenoxy) is 1. The summed E-state index contributed by atoms with van der Waals surface area (Å²) in [4.78, 5) is 6.69. The van der Waals surface area contributed by atoms with Gasteiger partial charge in [-0.05, 0) is 46.2 Å². The highest BCUT2D eigenvalue weighted by Crippen LogP contribution is 2.31. The Kier molecular flexibility index (Phi) is 10.9. The lowest BCUT2D eigenvalue weighted by Gasteiger charge is -2.23. The molecule has 0 aromatic heterocycles. The molecule has 1 unspecified atom stereocenters. The predicted molar refractivity (Wildman–Crippen MR) is 126 cm³/mol. The zero-order chi connectivity index (χ0) is 20.6. The number of benzene rings is 1. The summed E-state index contributed by atoms with van der Waals surface area (Å²) in [7, 11) is 0. The van der Waals surface area contributed by atoms with Crippen molar-refractivity contribution < 1.29 is 13.5 Å². The maximum absolute atomic E-state index is 12.7. The van der Waals surface area contributed by atoms with Gasteiger partial charge in [-0.2, -0.15) is 8.78 Å². The van der Waals surface area contributed by atoms with Crippen LogP contribution < -0.4 is 25.6 Å². The molecule has 1 atom stereocenters. The molecule has 6 nitrogen and oxygen atoms in total. The van der Waals surface area contributed by atoms with Gasteiger partial charge in [0.05, 0.1) is 12.2 Å². The molecule has 1 aliphatic heterocycles. The Morgan fingerprint density at radius 1 is 1.31 bits per heavy atom. The molecule has 1 heterocycles. The van der Waals surface area contributed by atoms with E-state index < -0.39 is 6.61 Å². The van der Waals surface area contributed by atoms with Crippen LogP contribution >= 0.6 is 24.0 Å². The fourth-order valence-electron chi connectivity index (χ4n) is 3.12. The zero-order valence-corrected chi connectivity index (χ0v) is 20.0. The first kappa shape index (κ1) is 25.7. The van der Waals surface area contributed by atoms with Crippen molar-refractivity contribution in [3.63, 3.8) is 0 Å². The smallest absolute Gasteiger partial charge is 0.387 e. The van der Waals surface area contributed by atoms with Gasteiger partial charge >= 0.3 is 6.61 Å². The molecule has 0 radical (unpaired) electrons. The van der Waals surface area contributed by atoms with E-state index in [2.05, 4.69) is 51.4 Å². The van der Waals surface area contributed by atoms with E-state index in [1.54, 1.807) is 12.1 Å². The van der Waals surface area contributed by atoms with Gasteiger partial charge in [0.15, 0.2) is 5.96 Å². The van der Waals surface area contributed by atoms with Gasteiger partial charge in [0.25, 0.3) is 0 Å². The maximum atomic E-state index is 12.7. The van der Waals surface area contributed by atoms with Crippen molar-refractivity contribution in [3.05, 3.63) is 24.3 Å². The van der Waals surface area contributed by atoms with Crippen molar-refractivity contribution in [2.75, 3.05) is 37.6 Å². The van der Waals surface area contributed by atoms with Crippen LogP contribution in [0.1, 0.15) is 34.1 Å². The summed E-state index contributed by atoms with van der Waals surface area (Å²) in [5.74, 6) is 0.995. The van der Waals surface area contributed by atoms with E-state index in [0.29, 0.717) is 18.8 Å². The molecule has 2 rings (SSSR count). The molecule has 0 aliphatic carbocycles. The number of guanidine groups is 1. The van der Waals surface area contributed by atoms with Gasteiger partial charge in [-0.1, -0.05) is 12.1 Å². The largest absolute Gasteiger partial charge is 0.433 e. The van der Waals surface area contributed by atoms with E-state index in [9.17, 15) is 8.78 Å². The van der Waals surface area contributed by atoms with E-state index >= 15 is 0 Å². The summed E-state index contributed by atoms with van der Waals surface area (Å²) in [6.07, 6.45) is 0.896. The first-order valence-electron chi connectivity index (χ1n) is 9.87. The number of halogens is 3. The molecular formula is C20H34F2IN5O. The minimum absolute atomic E-state index is 0. The van der Waals surface area contributed by atoms with Crippen molar-refractivity contribution in [3.8, 4) is 5.75 Å². The quantitative estimate of drug-likeness (QED) is 0.210. The fraction of sp³-hybridized carbons (Fsp3) is 0.650. The van der Waals surface area contributed by atoms with Gasteiger partial charge in [-0.25, -0.2) is 0 Å². The summed E-state index contributed by atoms with van der Waals surface area (Å²) < 4.78 is 30.0. The number of hydrogen-bond acceptors (Lipinski definition) is 4. The van der Waals surface area contributed by atoms with Crippen LogP contribution in [0, 0.1) is 0 Å². The minimum atomic E-state index is -2.83. The van der Waals surface area contributed by atoms with Gasteiger partial charge in [0.2, 0.25) is 0 Å². The summed E-state index contributed by atoms with van der Waals surface area (Å²) in [5, 5.41) is 10.1. The Balaban J connectivity index is 0.00000420. The van der Waals surface area contributed by atoms with Gasteiger partial charge in [0, 0.05) is 37.8 Å². The second-order valence-corrected chi connectivity index (χ2v) is 7.86. The number of nitrogens with zero attached hydrogens (tertiary/aromatic N) is 2. The van der Waals surface area contributed by atoms with Crippen LogP contribution in [0.2, 0.25) is 0 Å². The van der Waals surface area contributed by atoms with Crippen molar-refractivity contribution in [1.82, 2.24) is 16.0 Å². The minimum Gasteiger partial charge on any atom is -0.433 e. The lowest BCUT2D eigenvalue weighted by Crippen LogP contribution is -2.45. The SMILES string of the molecule is CCNC(=NCCNC(C)(C)C)NC1CCN(c2ccccc2OC(F)F)C1.I. The van der Waals surface area contributed by atoms with E-state index in [0.717, 1.165) is 32.0 Å². The normalized spacial score (nSPS) is 17.3. The van der Waals surface area contributed by atoms with Gasteiger partial charge in [-0.15, -0.1) is 24.0 Å². The molecule has 1 aromatic rings. The Morgan fingerprint density at radius 2 is 2.03 bits per heavy atom. The third-order valence-corrected chi connectivity index (χ3v) is 4.33. The van der Waals surface area contributed by atoms with Crippen LogP contribution in [0.5, 0.6) is 5.75 Å². The third-order valence-electron chi connectivity index (χ3n) is 4.33. The molecule has 9 heteroatoms. The topological polar surface area (TPSA) is 60.9 Å². The van der Waals surface area contributed by atoms with Gasteiger partial charge in [0.1, 0.15) is 5.75 Å². The number of hydrogen-bond donors (Lipinski definition) is 3. The molecule has 1 aliphatic rings. The standard InChI is InChI=1S/C20H33F2N5O.HI/c1-5-23-19(24-11-12-25-20(2,3)4)26-15-10-13-27(14-15)16-8-6-7-9-17(16)28-18(21)22;/h6-9,15,18,25H,5,10-14H2,1-4H3,(H2,23,24,26);1H. The lowest BCUT2D eigenvalue weighted by atomic mass is 10.1. The zero-order valence-electron chi connectivity index (χ0n) is 17.7. The summed E-state index contributed by atoms with van der Waals surface area (Å²) in [5.41, 5.74) is 0.768. The molecule has 29 heavy (non-hydrogen) atoms. The molecule has 3 N–H and O–H groups in total. The number of rotatable bonds is 8. The van der Waals surface area contributed by atoms with Crippen molar-refractivity contribution in [2.24, 2.45) is 4.99 Å². The highest BCUT2D eigenvalue weighted by Gasteiger charge is 2.26. The molecule has 166 valence electrons. The van der Waals surface area contributed by atoms with Gasteiger partial charge < -0.3 is 25.6 Å². The Morgan fingerprint density at radius 3 is 2.69 bits per heavy atom. The highest BCUT2D eigenvalue weighted by molar-refractivity contribution is 14.0. The molecule has 0 spiro atoms. The fourth-order valence-corrected chi connectivity index (χ4v) is 3.12. The second-order valence-electron chi connectivity index (χ2n) is 7.86. The molecule has 1 aromatic carbocycles. The Hall–Kier alpha value is -1.36. The molecule has 1 saturated heterocycles. The van der Waals surface area contributed by atoms with E-state index in [1.807, 2.05) is 19.1 Å². The Bertz CT molecular complexity index is 640. The Labute approximate surface area is 189 Å². The monoisotopic (exact) mass is 525 g/mol. The van der Waals surface area contributed by atoms with E-state index in [4.69, 9.17) is 0 Å². The van der Waals surface area contributed by atoms with Crippen LogP contribution in [-0.2, 0) is 0 Å². The number of nitrogens with one attached hydrogen (secondary N) is 3. The summed E-state index contributed by atoms with van der Waals surface area (Å²) >= 11 is 0. The summed E-state index contributed by atoms with van der Waals surface area (Å²) in [6, 6.07) is 7.12. The van der Waals surface area contributed by atoms with Crippen molar-refractivity contribution in [1.29, 1.82) is 0 Å². The average molecular weight is 525 g/mol. The number of para-hydroxylation sites is 2. The lowest BCUT2D eigenvalue weighted by molar-refractivity contribution is -0.0495. The summed E-state index contributed by atoms with van der Waals surface area (Å²) in [6.45, 7) is 9.31. The maximum Gasteiger partial charge on any atom is 0.387 e. The molecule has 1 fully saturated rings. The van der Waals surface area contributed by atoms with Crippen molar-refractivity contribution in [2.45, 2.75) is 52.3 Å². The first-order chi connectivity index (χ1) is 13.3. The number of alkyl halides is 2. The van der Waals surface area contributed by atoms with Crippen molar-refractivity contribution >= 4 is 35.6 Å². The third kappa shape index (κ3) is 9.33. The van der Waals surface area contributed by atoms with Crippen LogP contribution in [-0.4, -0.2) is 56.9 Å². The van der Waals surface area contributed by atoms with Crippen LogP contribution in [0.4, 0.5) is 14.5 Å². The predicted octanol–water partition coefficient (Wildman–Crippen LogP) is 3.43. The molecule has 0 amide bonds. The van der Waals surface area contributed by atoms with Crippen LogP contribution in [0.15, 0.2) is 29.3 Å². The molecule has 0 bridgehead atoms. The van der Waals surface area contributed by atoms with E-state index in [-0.39, 0.29) is 41.3 Å². The first-order valence-corrected chi connectivity index (χ1v) is 9.87. The number of anilines is 1. The second kappa shape index (κ2) is 12.4. The number of aliphatic imine (C=N–C) groups is 1. The average Bonchev–Trinajstić information content (AvgIpc) is 3.06. The highest BCUT2D eigenvalue weighted by atomic mass is 127. The molecular weight excluding hydrogens is 491 g/mol. The van der Waals surface area contributed by atoms with E-state index in [1.165, 1.54) is 0 Å². The molecule has 0 saturated carbocycles. The van der Waals surface area contributed by atoms with Crippen LogP contribution in [0.25, 0.3) is 0 Å². The van der Waals surface area contributed by atoms with Gasteiger partial charge in [-0.3, -0.25) is 4.99 Å².